The molecule has 0 spiro atoms. The number of benzene rings is 3. The monoisotopic (exact) mass is 638 g/mol. The number of hydrogen-bond acceptors (Lipinski definition) is 8. The van der Waals surface area contributed by atoms with Gasteiger partial charge in [0.25, 0.3) is 0 Å². The Bertz CT molecular complexity index is 1860. The topological polar surface area (TPSA) is 160 Å². The minimum Gasteiger partial charge on any atom is -0.481 e. The number of aliphatic carboxylic acids is 2. The van der Waals surface area contributed by atoms with E-state index >= 15 is 0 Å². The number of rotatable bonds is 14. The predicted molar refractivity (Wildman–Crippen MR) is 172 cm³/mol. The molecule has 2 heterocycles. The Morgan fingerprint density at radius 1 is 0.915 bits per heavy atom. The number of aromatic nitrogens is 1. The summed E-state index contributed by atoms with van der Waals surface area (Å²) >= 11 is 0. The second-order valence-electron chi connectivity index (χ2n) is 11.2. The zero-order valence-corrected chi connectivity index (χ0v) is 25.9. The second kappa shape index (κ2) is 14.6. The Hall–Kier alpha value is -5.71. The Morgan fingerprint density at radius 3 is 2.28 bits per heavy atom. The summed E-state index contributed by atoms with van der Waals surface area (Å²) < 4.78 is 16.7. The van der Waals surface area contributed by atoms with E-state index < -0.39 is 48.6 Å². The van der Waals surface area contributed by atoms with Gasteiger partial charge in [-0.2, -0.15) is 0 Å². The highest BCUT2D eigenvalue weighted by Crippen LogP contribution is 2.32. The van der Waals surface area contributed by atoms with Crippen LogP contribution in [0.3, 0.4) is 0 Å². The van der Waals surface area contributed by atoms with Gasteiger partial charge in [0, 0.05) is 23.8 Å². The number of methoxy groups -OCH3 is 1. The van der Waals surface area contributed by atoms with Crippen molar-refractivity contribution in [1.29, 1.82) is 0 Å². The van der Waals surface area contributed by atoms with Crippen LogP contribution in [-0.2, 0) is 25.7 Å². The number of amides is 1. The van der Waals surface area contributed by atoms with Gasteiger partial charge in [-0.25, -0.2) is 9.78 Å². The maximum absolute atomic E-state index is 13.9. The van der Waals surface area contributed by atoms with Gasteiger partial charge in [-0.1, -0.05) is 48.5 Å². The van der Waals surface area contributed by atoms with Crippen LogP contribution in [0.4, 0.5) is 0 Å². The molecule has 0 saturated heterocycles. The van der Waals surface area contributed by atoms with E-state index in [1.165, 1.54) is 12.0 Å². The minimum absolute atomic E-state index is 0.0136. The highest BCUT2D eigenvalue weighted by Gasteiger charge is 2.33. The number of carbonyl (C=O) groups is 4. The number of oxazole rings is 1. The Morgan fingerprint density at radius 2 is 1.62 bits per heavy atom. The lowest BCUT2D eigenvalue weighted by Gasteiger charge is -2.35. The van der Waals surface area contributed by atoms with Crippen LogP contribution in [0, 0.1) is 5.92 Å². The molecule has 0 aliphatic rings. The molecule has 11 nitrogen and oxygen atoms in total. The maximum atomic E-state index is 13.9. The van der Waals surface area contributed by atoms with Crippen molar-refractivity contribution >= 4 is 52.0 Å². The predicted octanol–water partition coefficient (Wildman–Crippen LogP) is 6.53. The van der Waals surface area contributed by atoms with Gasteiger partial charge in [0.05, 0.1) is 31.6 Å². The van der Waals surface area contributed by atoms with E-state index in [0.717, 1.165) is 10.9 Å². The molecule has 1 amide bonds. The summed E-state index contributed by atoms with van der Waals surface area (Å²) in [6.45, 7) is 1.86. The number of para-hydroxylation sites is 3. The molecule has 11 heteroatoms. The fourth-order valence-electron chi connectivity index (χ4n) is 5.62. The molecule has 0 radical (unpaired) electrons. The molecule has 0 saturated carbocycles. The highest BCUT2D eigenvalue weighted by molar-refractivity contribution is 5.89. The van der Waals surface area contributed by atoms with Gasteiger partial charge in [-0.15, -0.1) is 0 Å². The average Bonchev–Trinajstić information content (AvgIpc) is 3.68. The summed E-state index contributed by atoms with van der Waals surface area (Å²) in [5.74, 6) is -4.59. The zero-order chi connectivity index (χ0) is 33.5. The minimum atomic E-state index is -1.41. The van der Waals surface area contributed by atoms with Gasteiger partial charge in [-0.3, -0.25) is 14.4 Å². The summed E-state index contributed by atoms with van der Waals surface area (Å²) in [5.41, 5.74) is 3.15. The summed E-state index contributed by atoms with van der Waals surface area (Å²) in [5, 5.41) is 19.9. The number of ether oxygens (including phenoxy) is 1. The van der Waals surface area contributed by atoms with Crippen LogP contribution in [0.15, 0.2) is 93.8 Å². The van der Waals surface area contributed by atoms with Crippen LogP contribution in [0.5, 0.6) is 0 Å². The fraction of sp³-hybridized carbons (Fsp3) is 0.250. The number of furan rings is 1. The van der Waals surface area contributed by atoms with Crippen molar-refractivity contribution in [1.82, 2.24) is 9.88 Å². The zero-order valence-electron chi connectivity index (χ0n) is 25.9. The molecule has 3 aromatic carbocycles. The van der Waals surface area contributed by atoms with Crippen molar-refractivity contribution in [2.45, 2.75) is 44.7 Å². The second-order valence-corrected chi connectivity index (χ2v) is 11.2. The number of carbonyl (C=O) groups excluding carboxylic acids is 2. The molecule has 3 unspecified atom stereocenters. The van der Waals surface area contributed by atoms with Gasteiger partial charge in [-0.05, 0) is 61.4 Å². The van der Waals surface area contributed by atoms with Gasteiger partial charge in [0.2, 0.25) is 11.8 Å². The van der Waals surface area contributed by atoms with Gasteiger partial charge in [0.15, 0.2) is 5.58 Å². The Balaban J connectivity index is 1.50. The first-order chi connectivity index (χ1) is 22.6. The van der Waals surface area contributed by atoms with E-state index in [0.29, 0.717) is 40.3 Å². The third kappa shape index (κ3) is 7.93. The van der Waals surface area contributed by atoms with Gasteiger partial charge >= 0.3 is 17.9 Å². The van der Waals surface area contributed by atoms with Gasteiger partial charge < -0.3 is 28.7 Å². The van der Waals surface area contributed by atoms with Crippen LogP contribution in [0.1, 0.15) is 59.7 Å². The van der Waals surface area contributed by atoms with E-state index in [-0.39, 0.29) is 12.5 Å². The third-order valence-corrected chi connectivity index (χ3v) is 8.11. The van der Waals surface area contributed by atoms with Crippen LogP contribution >= 0.6 is 0 Å². The SMILES string of the molecule is COC(=O)c1ccc(C(C/C=C/c2nc3ccccc3o2)C(C)N(Cc2cc3ccccc3o2)C(=O)CC(CC(=O)O)C(=O)O)cc1. The Labute approximate surface area is 270 Å². The van der Waals surface area contributed by atoms with Crippen LogP contribution in [0.25, 0.3) is 28.1 Å². The van der Waals surface area contributed by atoms with Crippen molar-refractivity contribution in [2.75, 3.05) is 7.11 Å². The molecule has 0 bridgehead atoms. The molecular weight excluding hydrogens is 604 g/mol. The smallest absolute Gasteiger partial charge is 0.337 e. The summed E-state index contributed by atoms with van der Waals surface area (Å²) in [7, 11) is 1.30. The molecule has 0 aliphatic carbocycles. The van der Waals surface area contributed by atoms with E-state index in [1.54, 1.807) is 30.3 Å². The normalized spacial score (nSPS) is 13.4. The molecule has 5 rings (SSSR count). The van der Waals surface area contributed by atoms with E-state index in [2.05, 4.69) is 4.98 Å². The molecule has 2 N–H and O–H groups in total. The molecule has 3 atom stereocenters. The van der Waals surface area contributed by atoms with Crippen molar-refractivity contribution in [3.8, 4) is 0 Å². The summed E-state index contributed by atoms with van der Waals surface area (Å²) in [6, 6.07) is 22.9. The quantitative estimate of drug-likeness (QED) is 0.128. The maximum Gasteiger partial charge on any atom is 0.337 e. The van der Waals surface area contributed by atoms with Crippen molar-refractivity contribution in [2.24, 2.45) is 5.92 Å². The fourth-order valence-corrected chi connectivity index (χ4v) is 5.62. The number of hydrogen-bond donors (Lipinski definition) is 2. The number of carboxylic acids is 2. The lowest BCUT2D eigenvalue weighted by atomic mass is 9.87. The lowest BCUT2D eigenvalue weighted by Crippen LogP contribution is -2.43. The number of carboxylic acid groups (broad SMARTS) is 2. The third-order valence-electron chi connectivity index (χ3n) is 8.11. The molecular formula is C36H34N2O9. The standard InChI is InChI=1S/C36H34N2O9/c1-22(38(33(39)19-26(35(42)43)20-34(40)41)21-27-18-25-8-3-5-11-30(25)46-27)28(23-14-16-24(17-15-23)36(44)45-2)9-7-13-32-37-29-10-4-6-12-31(29)47-32/h3-8,10-18,22,26,28H,9,19-21H2,1-2H3,(H,40,41)(H,42,43)/b13-7+. The lowest BCUT2D eigenvalue weighted by molar-refractivity contribution is -0.151. The number of esters is 1. The molecule has 47 heavy (non-hydrogen) atoms. The summed E-state index contributed by atoms with van der Waals surface area (Å²) in [4.78, 5) is 55.4. The van der Waals surface area contributed by atoms with Gasteiger partial charge in [0.1, 0.15) is 16.9 Å². The van der Waals surface area contributed by atoms with Crippen molar-refractivity contribution in [3.05, 3.63) is 108 Å². The Kier molecular flexibility index (Phi) is 10.1. The largest absolute Gasteiger partial charge is 0.481 e. The van der Waals surface area contributed by atoms with Crippen molar-refractivity contribution < 1.29 is 43.0 Å². The van der Waals surface area contributed by atoms with Crippen LogP contribution in [0.2, 0.25) is 0 Å². The first-order valence-corrected chi connectivity index (χ1v) is 15.0. The van der Waals surface area contributed by atoms with Crippen LogP contribution < -0.4 is 0 Å². The highest BCUT2D eigenvalue weighted by atomic mass is 16.5. The summed E-state index contributed by atoms with van der Waals surface area (Å²) in [6.07, 6.45) is 2.83. The van der Waals surface area contributed by atoms with Crippen molar-refractivity contribution in [3.63, 3.8) is 0 Å². The first-order valence-electron chi connectivity index (χ1n) is 15.0. The number of allylic oxidation sites excluding steroid dienone is 1. The van der Waals surface area contributed by atoms with E-state index in [1.807, 2.05) is 67.6 Å². The molecule has 2 aromatic heterocycles. The van der Waals surface area contributed by atoms with Crippen LogP contribution in [-0.4, -0.2) is 57.1 Å². The van der Waals surface area contributed by atoms with E-state index in [9.17, 15) is 29.4 Å². The molecule has 0 aliphatic heterocycles. The molecule has 5 aromatic rings. The van der Waals surface area contributed by atoms with E-state index in [4.69, 9.17) is 13.6 Å². The molecule has 0 fully saturated rings. The average molecular weight is 639 g/mol. The first kappa shape index (κ1) is 32.7. The molecule has 242 valence electrons. The number of nitrogens with zero attached hydrogens (tertiary/aromatic N) is 2. The number of fused-ring (bicyclic) bond motifs is 2.